The van der Waals surface area contributed by atoms with E-state index in [1.807, 2.05) is 41.3 Å². The van der Waals surface area contributed by atoms with Gasteiger partial charge in [0.2, 0.25) is 5.91 Å². The van der Waals surface area contributed by atoms with Crippen molar-refractivity contribution in [2.45, 2.75) is 26.2 Å². The third-order valence-corrected chi connectivity index (χ3v) is 5.98. The lowest BCUT2D eigenvalue weighted by Crippen LogP contribution is -2.37. The highest BCUT2D eigenvalue weighted by molar-refractivity contribution is 6.32. The Hall–Kier alpha value is -3.58. The molecular weight excluding hydrogens is 466 g/mol. The quantitative estimate of drug-likeness (QED) is 0.362. The highest BCUT2D eigenvalue weighted by Crippen LogP contribution is 2.30. The van der Waals surface area contributed by atoms with Crippen molar-refractivity contribution in [1.29, 1.82) is 5.41 Å². The number of halogens is 1. The molecule has 1 aliphatic rings. The number of phenols is 1. The van der Waals surface area contributed by atoms with E-state index in [0.717, 1.165) is 35.8 Å². The minimum Gasteiger partial charge on any atom is -0.506 e. The molecule has 3 aromatic carbocycles. The lowest BCUT2D eigenvalue weighted by Gasteiger charge is -2.22. The van der Waals surface area contributed by atoms with Gasteiger partial charge < -0.3 is 25.9 Å². The van der Waals surface area contributed by atoms with Crippen LogP contribution >= 0.6 is 11.6 Å². The van der Waals surface area contributed by atoms with E-state index in [4.69, 9.17) is 32.6 Å². The van der Waals surface area contributed by atoms with E-state index >= 15 is 0 Å². The average molecular weight is 496 g/mol. The Labute approximate surface area is 210 Å². The van der Waals surface area contributed by atoms with Gasteiger partial charge in [0.15, 0.2) is 6.61 Å². The fourth-order valence-corrected chi connectivity index (χ4v) is 3.82. The van der Waals surface area contributed by atoms with Crippen LogP contribution in [0.2, 0.25) is 5.02 Å². The first-order chi connectivity index (χ1) is 16.8. The second kappa shape index (κ2) is 12.2. The molecule has 0 bridgehead atoms. The third kappa shape index (κ3) is 7.20. The van der Waals surface area contributed by atoms with Crippen LogP contribution < -0.4 is 10.5 Å². The Morgan fingerprint density at radius 1 is 1.17 bits per heavy atom. The van der Waals surface area contributed by atoms with Crippen LogP contribution in [0.15, 0.2) is 54.6 Å². The second-order valence-electron chi connectivity index (χ2n) is 8.45. The van der Waals surface area contributed by atoms with Gasteiger partial charge in [-0.1, -0.05) is 42.8 Å². The number of fused-ring (bicyclic) bond motifs is 1. The molecule has 0 aliphatic heterocycles. The molecule has 3 aromatic rings. The molecule has 0 unspecified atom stereocenters. The number of primary amides is 1. The number of nitrogens with zero attached hydrogens (tertiary/aromatic N) is 1. The summed E-state index contributed by atoms with van der Waals surface area (Å²) in [5.41, 5.74) is 6.09. The maximum atomic E-state index is 12.5. The molecule has 0 saturated heterocycles. The summed E-state index contributed by atoms with van der Waals surface area (Å²) < 4.78 is 5.84. The molecule has 0 aromatic heterocycles. The van der Waals surface area contributed by atoms with Gasteiger partial charge in [-0.2, -0.15) is 0 Å². The van der Waals surface area contributed by atoms with Gasteiger partial charge >= 0.3 is 0 Å². The van der Waals surface area contributed by atoms with E-state index in [0.29, 0.717) is 11.7 Å². The lowest BCUT2D eigenvalue weighted by molar-refractivity contribution is -0.133. The predicted molar refractivity (Wildman–Crippen MR) is 139 cm³/mol. The van der Waals surface area contributed by atoms with Crippen LogP contribution in [0.1, 0.15) is 42.1 Å². The molecule has 0 spiro atoms. The van der Waals surface area contributed by atoms with Crippen molar-refractivity contribution in [3.63, 3.8) is 0 Å². The fourth-order valence-electron chi connectivity index (χ4n) is 3.64. The molecule has 7 nitrogen and oxygen atoms in total. The topological polar surface area (TPSA) is 117 Å². The minimum atomic E-state index is -0.563. The molecular formula is C27H30ClN3O4. The molecule has 35 heavy (non-hydrogen) atoms. The van der Waals surface area contributed by atoms with Gasteiger partial charge in [-0.25, -0.2) is 0 Å². The number of nitrogens with one attached hydrogen (secondary N) is 1. The van der Waals surface area contributed by atoms with E-state index in [2.05, 4.69) is 6.92 Å². The second-order valence-corrected chi connectivity index (χ2v) is 8.85. The summed E-state index contributed by atoms with van der Waals surface area (Å²) in [6, 6.07) is 15.6. The Kier molecular flexibility index (Phi) is 9.09. The number of phenolic OH excluding ortho intramolecular Hbond substituents is 1. The smallest absolute Gasteiger partial charge is 0.260 e. The van der Waals surface area contributed by atoms with Gasteiger partial charge in [0, 0.05) is 35.8 Å². The van der Waals surface area contributed by atoms with Crippen LogP contribution in [-0.2, 0) is 4.79 Å². The van der Waals surface area contributed by atoms with Gasteiger partial charge in [0.1, 0.15) is 11.5 Å². The summed E-state index contributed by atoms with van der Waals surface area (Å²) in [6.45, 7) is 3.83. The normalized spacial score (nSPS) is 12.4. The van der Waals surface area contributed by atoms with Crippen LogP contribution in [0.5, 0.6) is 11.5 Å². The van der Waals surface area contributed by atoms with Crippen molar-refractivity contribution in [3.05, 3.63) is 70.7 Å². The Balaban J connectivity index is 0.000000261. The van der Waals surface area contributed by atoms with Crippen molar-refractivity contribution in [1.82, 2.24) is 4.90 Å². The van der Waals surface area contributed by atoms with Crippen molar-refractivity contribution < 1.29 is 19.4 Å². The zero-order valence-electron chi connectivity index (χ0n) is 19.7. The number of hydrogen-bond donors (Lipinski definition) is 3. The van der Waals surface area contributed by atoms with Crippen LogP contribution in [0.4, 0.5) is 0 Å². The standard InChI is InChI=1S/C20H24N2O2.C7H6ClNO2/c1-2-11-22(13-15-7-8-15)20(23)14-24-19-10-9-16(12-21)17-5-3-4-6-18(17)19;8-5-3-4(7(9)11)1-2-6(5)10/h3-6,9-10,12,15,21H,2,7-8,11,13-14H2,1H3;1-3,10H,(H2,9,11). The first kappa shape index (κ1) is 26.0. The van der Waals surface area contributed by atoms with Gasteiger partial charge in [-0.15, -0.1) is 0 Å². The summed E-state index contributed by atoms with van der Waals surface area (Å²) in [7, 11) is 0. The molecule has 4 N–H and O–H groups in total. The molecule has 184 valence electrons. The van der Waals surface area contributed by atoms with Crippen molar-refractivity contribution in [2.24, 2.45) is 11.7 Å². The third-order valence-electron chi connectivity index (χ3n) is 5.68. The van der Waals surface area contributed by atoms with Crippen LogP contribution in [0.25, 0.3) is 10.8 Å². The summed E-state index contributed by atoms with van der Waals surface area (Å²) in [5.74, 6) is 0.827. The zero-order valence-corrected chi connectivity index (χ0v) is 20.4. The highest BCUT2D eigenvalue weighted by Gasteiger charge is 2.26. The van der Waals surface area contributed by atoms with Crippen molar-refractivity contribution in [3.8, 4) is 11.5 Å². The number of carbonyl (C=O) groups is 2. The van der Waals surface area contributed by atoms with Crippen LogP contribution in [0, 0.1) is 11.3 Å². The summed E-state index contributed by atoms with van der Waals surface area (Å²) in [5, 5.41) is 18.5. The first-order valence-corrected chi connectivity index (χ1v) is 11.9. The lowest BCUT2D eigenvalue weighted by atomic mass is 10.0. The molecule has 1 fully saturated rings. The summed E-state index contributed by atoms with van der Waals surface area (Å²) in [4.78, 5) is 25.0. The number of benzene rings is 3. The predicted octanol–water partition coefficient (Wildman–Crippen LogP) is 5.01. The van der Waals surface area contributed by atoms with Gasteiger partial charge in [0.25, 0.3) is 5.91 Å². The minimum absolute atomic E-state index is 0.0586. The monoisotopic (exact) mass is 495 g/mol. The maximum absolute atomic E-state index is 12.5. The number of aromatic hydroxyl groups is 1. The van der Waals surface area contributed by atoms with E-state index in [-0.39, 0.29) is 28.8 Å². The molecule has 8 heteroatoms. The van der Waals surface area contributed by atoms with Gasteiger partial charge in [0.05, 0.1) is 5.02 Å². The fraction of sp³-hybridized carbons (Fsp3) is 0.296. The first-order valence-electron chi connectivity index (χ1n) is 11.5. The molecule has 4 rings (SSSR count). The zero-order chi connectivity index (χ0) is 25.4. The van der Waals surface area contributed by atoms with E-state index in [9.17, 15) is 9.59 Å². The van der Waals surface area contributed by atoms with Crippen LogP contribution in [0.3, 0.4) is 0 Å². The van der Waals surface area contributed by atoms with Crippen LogP contribution in [-0.4, -0.2) is 47.7 Å². The van der Waals surface area contributed by atoms with E-state index in [1.54, 1.807) is 0 Å². The number of nitrogens with two attached hydrogens (primary N) is 1. The summed E-state index contributed by atoms with van der Waals surface area (Å²) in [6.07, 6.45) is 4.79. The summed E-state index contributed by atoms with van der Waals surface area (Å²) >= 11 is 5.50. The van der Waals surface area contributed by atoms with E-state index < -0.39 is 5.91 Å². The Morgan fingerprint density at radius 2 is 1.89 bits per heavy atom. The molecule has 0 heterocycles. The maximum Gasteiger partial charge on any atom is 0.260 e. The van der Waals surface area contributed by atoms with Crippen molar-refractivity contribution >= 4 is 40.4 Å². The SMILES string of the molecule is CCCN(CC1CC1)C(=O)COc1ccc(C=N)c2ccccc12.NC(=O)c1ccc(O)c(Cl)c1. The highest BCUT2D eigenvalue weighted by atomic mass is 35.5. The van der Waals surface area contributed by atoms with Gasteiger partial charge in [-0.3, -0.25) is 9.59 Å². The number of hydrogen-bond acceptors (Lipinski definition) is 5. The largest absolute Gasteiger partial charge is 0.506 e. The molecule has 1 saturated carbocycles. The van der Waals surface area contributed by atoms with Gasteiger partial charge in [-0.05, 0) is 60.9 Å². The number of ether oxygens (including phenoxy) is 1. The molecule has 2 amide bonds. The average Bonchev–Trinajstić information content (AvgIpc) is 3.68. The Bertz CT molecular complexity index is 1210. The number of amides is 2. The number of rotatable bonds is 9. The van der Waals surface area contributed by atoms with Crippen molar-refractivity contribution in [2.75, 3.05) is 19.7 Å². The molecule has 1 aliphatic carbocycles. The molecule has 0 radical (unpaired) electrons. The number of carbonyl (C=O) groups excluding carboxylic acids is 2. The molecule has 0 atom stereocenters. The van der Waals surface area contributed by atoms with E-state index in [1.165, 1.54) is 37.3 Å². The Morgan fingerprint density at radius 3 is 2.49 bits per heavy atom.